The van der Waals surface area contributed by atoms with Gasteiger partial charge in [0.15, 0.2) is 0 Å². The van der Waals surface area contributed by atoms with Crippen LogP contribution in [0.5, 0.6) is 0 Å². The summed E-state index contributed by atoms with van der Waals surface area (Å²) in [6, 6.07) is 10.3. The minimum absolute atomic E-state index is 0. The molecule has 0 radical (unpaired) electrons. The van der Waals surface area contributed by atoms with Gasteiger partial charge < -0.3 is 14.6 Å². The lowest BCUT2D eigenvalue weighted by Crippen LogP contribution is -2.43. The van der Waals surface area contributed by atoms with Crippen molar-refractivity contribution in [2.45, 2.75) is 38.6 Å². The molecule has 3 aromatic rings. The highest BCUT2D eigenvalue weighted by Crippen LogP contribution is 2.34. The van der Waals surface area contributed by atoms with Crippen molar-refractivity contribution in [2.75, 3.05) is 26.8 Å². The molecule has 0 aliphatic carbocycles. The van der Waals surface area contributed by atoms with Gasteiger partial charge in [-0.25, -0.2) is 0 Å². The summed E-state index contributed by atoms with van der Waals surface area (Å²) in [6.07, 6.45) is 1.86. The minimum Gasteiger partial charge on any atom is -0.384 e. The molecule has 7 nitrogen and oxygen atoms in total. The maximum absolute atomic E-state index is 5.71. The largest absolute Gasteiger partial charge is 0.384 e. The van der Waals surface area contributed by atoms with Gasteiger partial charge in [-0.1, -0.05) is 23.4 Å². The first kappa shape index (κ1) is 21.5. The van der Waals surface area contributed by atoms with Crippen LogP contribution in [-0.4, -0.2) is 46.7 Å². The molecule has 1 saturated heterocycles. The van der Waals surface area contributed by atoms with E-state index in [1.165, 1.54) is 0 Å². The lowest BCUT2D eigenvalue weighted by molar-refractivity contribution is 0.0850. The van der Waals surface area contributed by atoms with Crippen molar-refractivity contribution < 1.29 is 9.26 Å². The molecule has 3 heterocycles. The van der Waals surface area contributed by atoms with Crippen LogP contribution < -0.4 is 5.32 Å². The molecule has 1 aromatic carbocycles. The molecule has 1 aliphatic heterocycles. The van der Waals surface area contributed by atoms with Gasteiger partial charge in [-0.15, -0.1) is 12.4 Å². The number of ether oxygens (including phenoxy) is 1. The Morgan fingerprint density at radius 2 is 2.00 bits per heavy atom. The van der Waals surface area contributed by atoms with Gasteiger partial charge in [-0.2, -0.15) is 10.1 Å². The fourth-order valence-electron chi connectivity index (χ4n) is 3.97. The van der Waals surface area contributed by atoms with Crippen molar-refractivity contribution in [3.63, 3.8) is 0 Å². The molecular formula is C21H28ClN5O2. The highest BCUT2D eigenvalue weighted by atomic mass is 35.5. The van der Waals surface area contributed by atoms with Crippen LogP contribution in [0.25, 0.3) is 11.4 Å². The first-order valence-electron chi connectivity index (χ1n) is 9.74. The number of benzene rings is 1. The Bertz CT molecular complexity index is 941. The number of aromatic nitrogens is 4. The number of aryl methyl sites for hydroxylation is 2. The van der Waals surface area contributed by atoms with Gasteiger partial charge in [-0.3, -0.25) is 4.68 Å². The van der Waals surface area contributed by atoms with Crippen molar-refractivity contribution in [1.82, 2.24) is 25.2 Å². The van der Waals surface area contributed by atoms with Crippen molar-refractivity contribution in [1.29, 1.82) is 0 Å². The van der Waals surface area contributed by atoms with Crippen LogP contribution in [0.2, 0.25) is 0 Å². The Balaban J connectivity index is 0.00000240. The number of piperidine rings is 1. The van der Waals surface area contributed by atoms with Crippen LogP contribution in [0, 0.1) is 13.8 Å². The van der Waals surface area contributed by atoms with Crippen molar-refractivity contribution in [3.05, 3.63) is 53.2 Å². The number of hydrogen-bond donors (Lipinski definition) is 1. The third-order valence-corrected chi connectivity index (χ3v) is 5.48. The van der Waals surface area contributed by atoms with Crippen LogP contribution in [0.3, 0.4) is 0 Å². The number of nitrogens with one attached hydrogen (secondary N) is 1. The van der Waals surface area contributed by atoms with E-state index in [2.05, 4.69) is 40.7 Å². The molecule has 4 rings (SSSR count). The van der Waals surface area contributed by atoms with Gasteiger partial charge >= 0.3 is 0 Å². The lowest BCUT2D eigenvalue weighted by Gasteiger charge is -2.33. The fourth-order valence-corrected chi connectivity index (χ4v) is 3.97. The topological polar surface area (TPSA) is 78.0 Å². The first-order valence-corrected chi connectivity index (χ1v) is 9.74. The monoisotopic (exact) mass is 417 g/mol. The molecular weight excluding hydrogens is 390 g/mol. The third kappa shape index (κ3) is 4.52. The molecule has 29 heavy (non-hydrogen) atoms. The summed E-state index contributed by atoms with van der Waals surface area (Å²) in [5.41, 5.74) is 4.09. The molecule has 0 amide bonds. The van der Waals surface area contributed by atoms with E-state index in [1.807, 2.05) is 23.7 Å². The second-order valence-electron chi connectivity index (χ2n) is 7.67. The highest BCUT2D eigenvalue weighted by Gasteiger charge is 2.39. The molecule has 1 N–H and O–H groups in total. The van der Waals surface area contributed by atoms with E-state index >= 15 is 0 Å². The minimum atomic E-state index is -0.202. The van der Waals surface area contributed by atoms with E-state index in [0.29, 0.717) is 18.3 Å². The zero-order valence-electron chi connectivity index (χ0n) is 17.1. The molecule has 156 valence electrons. The second kappa shape index (κ2) is 9.07. The fraction of sp³-hybridized carbons (Fsp3) is 0.476. The summed E-state index contributed by atoms with van der Waals surface area (Å²) >= 11 is 0. The Morgan fingerprint density at radius 3 is 2.69 bits per heavy atom. The summed E-state index contributed by atoms with van der Waals surface area (Å²) < 4.78 is 13.2. The van der Waals surface area contributed by atoms with E-state index in [0.717, 1.165) is 55.0 Å². The first-order chi connectivity index (χ1) is 13.6. The Labute approximate surface area is 177 Å². The zero-order chi connectivity index (χ0) is 19.6. The predicted octanol–water partition coefficient (Wildman–Crippen LogP) is 3.29. The smallest absolute Gasteiger partial charge is 0.235 e. The Kier molecular flexibility index (Phi) is 6.72. The van der Waals surface area contributed by atoms with Crippen LogP contribution in [0.15, 0.2) is 34.9 Å². The molecule has 0 spiro atoms. The third-order valence-electron chi connectivity index (χ3n) is 5.48. The maximum Gasteiger partial charge on any atom is 0.235 e. The van der Waals surface area contributed by atoms with Gasteiger partial charge in [0.05, 0.1) is 24.3 Å². The molecule has 2 aromatic heterocycles. The maximum atomic E-state index is 5.71. The summed E-state index contributed by atoms with van der Waals surface area (Å²) in [6.45, 7) is 7.26. The number of rotatable bonds is 6. The van der Waals surface area contributed by atoms with Gasteiger partial charge in [0.1, 0.15) is 0 Å². The van der Waals surface area contributed by atoms with Gasteiger partial charge in [0.25, 0.3) is 0 Å². The van der Waals surface area contributed by atoms with E-state index in [4.69, 9.17) is 14.2 Å². The molecule has 0 unspecified atom stereocenters. The van der Waals surface area contributed by atoms with Crippen molar-refractivity contribution >= 4 is 12.4 Å². The van der Waals surface area contributed by atoms with E-state index in [1.54, 1.807) is 7.11 Å². The van der Waals surface area contributed by atoms with Gasteiger partial charge in [0.2, 0.25) is 11.7 Å². The summed E-state index contributed by atoms with van der Waals surface area (Å²) in [7, 11) is 1.73. The molecule has 1 fully saturated rings. The summed E-state index contributed by atoms with van der Waals surface area (Å²) in [5.74, 6) is 1.30. The van der Waals surface area contributed by atoms with Gasteiger partial charge in [-0.05, 0) is 57.5 Å². The quantitative estimate of drug-likeness (QED) is 0.663. The Morgan fingerprint density at radius 1 is 1.21 bits per heavy atom. The number of hydrogen-bond acceptors (Lipinski definition) is 6. The van der Waals surface area contributed by atoms with Crippen LogP contribution in [-0.2, 0) is 16.7 Å². The van der Waals surface area contributed by atoms with Crippen molar-refractivity contribution in [3.8, 4) is 11.4 Å². The molecule has 1 aliphatic rings. The molecule has 0 saturated carbocycles. The van der Waals surface area contributed by atoms with E-state index < -0.39 is 0 Å². The van der Waals surface area contributed by atoms with Crippen molar-refractivity contribution in [2.24, 2.45) is 0 Å². The molecule has 0 bridgehead atoms. The van der Waals surface area contributed by atoms with E-state index in [9.17, 15) is 0 Å². The summed E-state index contributed by atoms with van der Waals surface area (Å²) in [4.78, 5) is 4.76. The average molecular weight is 418 g/mol. The van der Waals surface area contributed by atoms with Gasteiger partial charge in [0, 0.05) is 18.4 Å². The zero-order valence-corrected chi connectivity index (χ0v) is 18.0. The van der Waals surface area contributed by atoms with Crippen LogP contribution >= 0.6 is 12.4 Å². The summed E-state index contributed by atoms with van der Waals surface area (Å²) in [5, 5.41) is 12.2. The SMILES string of the molecule is COCC1(c2nc(-c3cccc(Cn4nc(C)cc4C)c3)no2)CCNCC1.Cl. The predicted molar refractivity (Wildman–Crippen MR) is 113 cm³/mol. The molecule has 0 atom stereocenters. The Hall–Kier alpha value is -2.22. The lowest BCUT2D eigenvalue weighted by atomic mass is 9.79. The number of halogens is 1. The molecule has 8 heteroatoms. The second-order valence-corrected chi connectivity index (χ2v) is 7.67. The van der Waals surface area contributed by atoms with E-state index in [-0.39, 0.29) is 17.8 Å². The number of nitrogens with zero attached hydrogens (tertiary/aromatic N) is 4. The van der Waals surface area contributed by atoms with Crippen LogP contribution in [0.4, 0.5) is 0 Å². The highest BCUT2D eigenvalue weighted by molar-refractivity contribution is 5.85. The normalized spacial score (nSPS) is 15.8. The number of methoxy groups -OCH3 is 1. The average Bonchev–Trinajstić information content (AvgIpc) is 3.30. The standard InChI is InChI=1S/C21H27N5O2.ClH/c1-15-11-16(2)26(24-15)13-17-5-4-6-18(12-17)19-23-20(28-25-19)21(14-27-3)7-9-22-10-8-21;/h4-6,11-12,22H,7-10,13-14H2,1-3H3;1H. The van der Waals surface area contributed by atoms with Crippen LogP contribution in [0.1, 0.15) is 35.7 Å².